The number of nitrogens with zero attached hydrogens (tertiary/aromatic N) is 2. The fraction of sp³-hybridized carbons (Fsp3) is 0.0270. The zero-order valence-electron chi connectivity index (χ0n) is 42.3. The molecule has 2 spiro atoms. The topological polar surface area (TPSA) is 17.4 Å². The van der Waals surface area contributed by atoms with Crippen LogP contribution in [0.4, 0.5) is 17.1 Å². The van der Waals surface area contributed by atoms with E-state index in [0.717, 1.165) is 50.9 Å². The summed E-state index contributed by atoms with van der Waals surface area (Å²) in [5.41, 5.74) is 23.3. The number of aromatic nitrogens is 1. The van der Waals surface area contributed by atoms with Crippen molar-refractivity contribution in [2.75, 3.05) is 4.90 Å². The van der Waals surface area contributed by atoms with Gasteiger partial charge in [0.1, 0.15) is 11.5 Å². The summed E-state index contributed by atoms with van der Waals surface area (Å²) in [5.74, 6) is 1.78. The van der Waals surface area contributed by atoms with Gasteiger partial charge in [-0.05, 0) is 158 Å². The molecule has 0 fully saturated rings. The molecule has 1 aromatic heterocycles. The van der Waals surface area contributed by atoms with Crippen LogP contribution in [0.2, 0.25) is 0 Å². The van der Waals surface area contributed by atoms with E-state index in [4.69, 9.17) is 4.74 Å². The highest BCUT2D eigenvalue weighted by Gasteiger charge is 2.52. The summed E-state index contributed by atoms with van der Waals surface area (Å²) < 4.78 is 9.09. The Bertz CT molecular complexity index is 4360. The first-order chi connectivity index (χ1) is 38.7. The fourth-order valence-corrected chi connectivity index (χ4v) is 15.4. The first-order valence-corrected chi connectivity index (χ1v) is 27.7. The monoisotopic (exact) mass is 1010 g/mol. The van der Waals surface area contributed by atoms with Gasteiger partial charge in [-0.3, -0.25) is 0 Å². The molecule has 0 radical (unpaired) electrons. The van der Waals surface area contributed by atoms with E-state index in [9.17, 15) is 0 Å². The summed E-state index contributed by atoms with van der Waals surface area (Å²) in [6.45, 7) is 0. The molecule has 0 amide bonds. The number of para-hydroxylation sites is 4. The zero-order chi connectivity index (χ0) is 51.1. The van der Waals surface area contributed by atoms with E-state index in [2.05, 4.69) is 289 Å². The van der Waals surface area contributed by atoms with E-state index in [1.54, 1.807) is 0 Å². The van der Waals surface area contributed by atoms with Crippen molar-refractivity contribution in [3.8, 4) is 50.6 Å². The predicted octanol–water partition coefficient (Wildman–Crippen LogP) is 19.2. The van der Waals surface area contributed by atoms with Crippen LogP contribution in [-0.2, 0) is 10.8 Å². The first-order valence-electron chi connectivity index (χ1n) is 26.9. The molecule has 0 unspecified atom stereocenters. The Morgan fingerprint density at radius 3 is 1.37 bits per heavy atom. The zero-order valence-corrected chi connectivity index (χ0v) is 43.1. The fourth-order valence-electron chi connectivity index (χ4n) is 14.2. The lowest BCUT2D eigenvalue weighted by Gasteiger charge is -2.39. The molecule has 0 saturated heterocycles. The average molecular weight is 1010 g/mol. The lowest BCUT2D eigenvalue weighted by molar-refractivity contribution is 0.436. The Balaban J connectivity index is 0.869. The molecule has 78 heavy (non-hydrogen) atoms. The summed E-state index contributed by atoms with van der Waals surface area (Å²) in [4.78, 5) is 5.08. The van der Waals surface area contributed by atoms with Gasteiger partial charge in [-0.1, -0.05) is 200 Å². The summed E-state index contributed by atoms with van der Waals surface area (Å²) >= 11 is 1.88. The molecule has 13 aromatic rings. The van der Waals surface area contributed by atoms with Crippen LogP contribution in [-0.4, -0.2) is 4.57 Å². The molecule has 2 aliphatic heterocycles. The van der Waals surface area contributed by atoms with Crippen molar-refractivity contribution in [1.29, 1.82) is 0 Å². The number of hydrogen-bond donors (Lipinski definition) is 0. The predicted molar refractivity (Wildman–Crippen MR) is 320 cm³/mol. The normalized spacial score (nSPS) is 14.2. The molecule has 4 heteroatoms. The maximum absolute atomic E-state index is 6.70. The van der Waals surface area contributed by atoms with Gasteiger partial charge in [0.2, 0.25) is 0 Å². The van der Waals surface area contributed by atoms with Gasteiger partial charge in [0, 0.05) is 54.4 Å². The first kappa shape index (κ1) is 43.6. The van der Waals surface area contributed by atoms with Crippen LogP contribution in [0.5, 0.6) is 11.5 Å². The molecule has 0 saturated carbocycles. The van der Waals surface area contributed by atoms with Crippen LogP contribution >= 0.6 is 11.8 Å². The molecular weight excluding hydrogens is 965 g/mol. The van der Waals surface area contributed by atoms with Gasteiger partial charge in [-0.25, -0.2) is 0 Å². The second-order valence-electron chi connectivity index (χ2n) is 21.0. The highest BCUT2D eigenvalue weighted by atomic mass is 32.2. The van der Waals surface area contributed by atoms with Gasteiger partial charge in [-0.2, -0.15) is 0 Å². The minimum Gasteiger partial charge on any atom is -0.457 e. The molecule has 3 nitrogen and oxygen atoms in total. The Morgan fingerprint density at radius 1 is 0.308 bits per heavy atom. The number of rotatable bonds is 5. The molecule has 4 aliphatic rings. The Kier molecular flexibility index (Phi) is 9.20. The smallest absolute Gasteiger partial charge is 0.132 e. The van der Waals surface area contributed by atoms with E-state index < -0.39 is 10.8 Å². The van der Waals surface area contributed by atoms with Crippen molar-refractivity contribution in [3.63, 3.8) is 0 Å². The second kappa shape index (κ2) is 16.4. The van der Waals surface area contributed by atoms with Crippen LogP contribution in [0, 0.1) is 0 Å². The molecule has 364 valence electrons. The number of hydrogen-bond acceptors (Lipinski definition) is 3. The number of fused-ring (bicyclic) bond motifs is 21. The van der Waals surface area contributed by atoms with Crippen molar-refractivity contribution in [1.82, 2.24) is 4.57 Å². The SMILES string of the molecule is c1ccc(-n2c3ccccc3c3cc(-c4ccc(N(c5ccc6c(c5)-c5ccccc5C65c6ccccc6Oc6ccccc65)c5ccc6c(c5)-c5ccccc5C65c6ccccc6Sc6ccccc65)cc4)ccc32)cc1. The summed E-state index contributed by atoms with van der Waals surface area (Å²) in [7, 11) is 0. The molecule has 12 aromatic carbocycles. The van der Waals surface area contributed by atoms with Crippen molar-refractivity contribution in [3.05, 3.63) is 324 Å². The maximum atomic E-state index is 6.70. The van der Waals surface area contributed by atoms with E-state index in [1.165, 1.54) is 92.8 Å². The molecule has 0 bridgehead atoms. The lowest BCUT2D eigenvalue weighted by Crippen LogP contribution is -2.32. The standard InChI is InChI=1S/C74H46N2OS/c1-2-18-49(19-3-1)76-67-29-13-6-22-55(67)58-44-48(36-43-68(58)76)47-34-37-50(38-35-47)75(51-39-41-61-56(45-51)53-20-4-7-23-59(53)73(61)63-25-9-14-30-69(63)77-70-31-15-10-26-64(70)73)52-40-42-62-57(46-52)54-21-5-8-24-60(54)74(62)65-27-11-16-32-71(65)78-72-33-17-12-28-66(72)74/h1-46H. The summed E-state index contributed by atoms with van der Waals surface area (Å²) in [6, 6.07) is 104. The van der Waals surface area contributed by atoms with Gasteiger partial charge in [-0.15, -0.1) is 0 Å². The van der Waals surface area contributed by atoms with Crippen molar-refractivity contribution >= 4 is 50.6 Å². The molecule has 2 aliphatic carbocycles. The minimum absolute atomic E-state index is 0.467. The van der Waals surface area contributed by atoms with E-state index in [0.29, 0.717) is 0 Å². The van der Waals surface area contributed by atoms with Crippen molar-refractivity contribution < 1.29 is 4.74 Å². The number of benzene rings is 12. The molecular formula is C74H46N2OS. The largest absolute Gasteiger partial charge is 0.457 e. The lowest BCUT2D eigenvalue weighted by atomic mass is 9.66. The van der Waals surface area contributed by atoms with E-state index in [-0.39, 0.29) is 0 Å². The Hall–Kier alpha value is -9.61. The third-order valence-electron chi connectivity index (χ3n) is 17.3. The molecule has 0 N–H and O–H groups in total. The number of anilines is 3. The van der Waals surface area contributed by atoms with E-state index >= 15 is 0 Å². The van der Waals surface area contributed by atoms with Gasteiger partial charge in [0.05, 0.1) is 21.9 Å². The van der Waals surface area contributed by atoms with Gasteiger partial charge >= 0.3 is 0 Å². The number of ether oxygens (including phenoxy) is 1. The van der Waals surface area contributed by atoms with Crippen LogP contribution in [0.15, 0.2) is 289 Å². The Morgan fingerprint density at radius 2 is 0.756 bits per heavy atom. The van der Waals surface area contributed by atoms with Crippen LogP contribution in [0.3, 0.4) is 0 Å². The summed E-state index contributed by atoms with van der Waals surface area (Å²) in [6.07, 6.45) is 0. The summed E-state index contributed by atoms with van der Waals surface area (Å²) in [5, 5.41) is 2.48. The van der Waals surface area contributed by atoms with Crippen molar-refractivity contribution in [2.45, 2.75) is 20.6 Å². The molecule has 3 heterocycles. The van der Waals surface area contributed by atoms with Gasteiger partial charge in [0.15, 0.2) is 0 Å². The minimum atomic E-state index is -0.562. The van der Waals surface area contributed by atoms with Gasteiger partial charge < -0.3 is 14.2 Å². The molecule has 17 rings (SSSR count). The Labute approximate surface area is 456 Å². The third-order valence-corrected chi connectivity index (χ3v) is 18.5. The average Bonchev–Trinajstić information content (AvgIpc) is 4.21. The molecule has 0 atom stereocenters. The van der Waals surface area contributed by atoms with Crippen LogP contribution in [0.1, 0.15) is 44.5 Å². The van der Waals surface area contributed by atoms with Crippen LogP contribution in [0.25, 0.3) is 60.9 Å². The third kappa shape index (κ3) is 5.84. The van der Waals surface area contributed by atoms with Gasteiger partial charge in [0.25, 0.3) is 0 Å². The quantitative estimate of drug-likeness (QED) is 0.171. The highest BCUT2D eigenvalue weighted by molar-refractivity contribution is 7.99. The van der Waals surface area contributed by atoms with E-state index in [1.807, 2.05) is 11.8 Å². The second-order valence-corrected chi connectivity index (χ2v) is 22.1. The van der Waals surface area contributed by atoms with Crippen molar-refractivity contribution in [2.24, 2.45) is 0 Å². The highest BCUT2D eigenvalue weighted by Crippen LogP contribution is 2.65. The van der Waals surface area contributed by atoms with Crippen LogP contribution < -0.4 is 9.64 Å². The maximum Gasteiger partial charge on any atom is 0.132 e.